The highest BCUT2D eigenvalue weighted by Gasteiger charge is 2.23. The summed E-state index contributed by atoms with van der Waals surface area (Å²) in [5.41, 5.74) is 0. The lowest BCUT2D eigenvalue weighted by Crippen LogP contribution is -2.24. The summed E-state index contributed by atoms with van der Waals surface area (Å²) in [6.45, 7) is 5.65. The van der Waals surface area contributed by atoms with Gasteiger partial charge in [-0.3, -0.25) is 0 Å². The van der Waals surface area contributed by atoms with E-state index in [-0.39, 0.29) is 26.4 Å². The average Bonchev–Trinajstić information content (AvgIpc) is 3.23. The second-order valence-electron chi connectivity index (χ2n) is 6.54. The number of hydrogen-bond acceptors (Lipinski definition) is 12. The number of nitrogens with one attached hydrogen (secondary N) is 1. The van der Waals surface area contributed by atoms with Crippen LogP contribution in [0.25, 0.3) is 0 Å². The second kappa shape index (κ2) is 22.2. The van der Waals surface area contributed by atoms with E-state index < -0.39 is 18.2 Å². The highest BCUT2D eigenvalue weighted by atomic mass is 16.6. The Bertz CT molecular complexity index is 482. The van der Waals surface area contributed by atoms with E-state index in [0.717, 1.165) is 0 Å². The topological polar surface area (TPSA) is 149 Å². The Morgan fingerprint density at radius 1 is 0.758 bits per heavy atom. The fourth-order valence-electron chi connectivity index (χ4n) is 2.29. The van der Waals surface area contributed by atoms with Gasteiger partial charge in [0, 0.05) is 0 Å². The van der Waals surface area contributed by atoms with Crippen LogP contribution in [0.5, 0.6) is 0 Å². The monoisotopic (exact) mass is 483 g/mol. The highest BCUT2D eigenvalue weighted by molar-refractivity contribution is 5.71. The number of ether oxygens (including phenoxy) is 9. The van der Waals surface area contributed by atoms with Gasteiger partial charge in [0.05, 0.1) is 99.0 Å². The summed E-state index contributed by atoms with van der Waals surface area (Å²) in [7, 11) is 0. The second-order valence-corrected chi connectivity index (χ2v) is 6.54. The first-order valence-electron chi connectivity index (χ1n) is 11.0. The third kappa shape index (κ3) is 19.6. The lowest BCUT2D eigenvalue weighted by molar-refractivity contribution is -0.151. The zero-order chi connectivity index (χ0) is 23.8. The quantitative estimate of drug-likeness (QED) is 0.125. The molecule has 0 saturated carbocycles. The van der Waals surface area contributed by atoms with Gasteiger partial charge < -0.3 is 53.1 Å². The van der Waals surface area contributed by atoms with Crippen LogP contribution >= 0.6 is 0 Å². The molecule has 2 N–H and O–H groups in total. The largest absolute Gasteiger partial charge is 0.460 e. The van der Waals surface area contributed by atoms with Gasteiger partial charge in [-0.05, 0) is 0 Å². The van der Waals surface area contributed by atoms with Gasteiger partial charge in [0.25, 0.3) is 0 Å². The Morgan fingerprint density at radius 2 is 1.18 bits per heavy atom. The van der Waals surface area contributed by atoms with Crippen LogP contribution in [0.4, 0.5) is 4.79 Å². The minimum atomic E-state index is -0.527. The molecule has 0 aliphatic carbocycles. The summed E-state index contributed by atoms with van der Waals surface area (Å²) < 4.78 is 46.7. The average molecular weight is 484 g/mol. The van der Waals surface area contributed by atoms with Gasteiger partial charge in [0.1, 0.15) is 13.2 Å². The molecule has 33 heavy (non-hydrogen) atoms. The minimum absolute atomic E-state index is 0.00392. The molecule has 13 heteroatoms. The van der Waals surface area contributed by atoms with Crippen molar-refractivity contribution in [2.45, 2.75) is 6.10 Å². The van der Waals surface area contributed by atoms with Crippen LogP contribution in [0.1, 0.15) is 0 Å². The molecule has 0 aromatic carbocycles. The summed E-state index contributed by atoms with van der Waals surface area (Å²) in [5.74, 6) is -0.527. The molecule has 0 unspecified atom stereocenters. The molecular formula is C20H37NO12. The van der Waals surface area contributed by atoms with Crippen LogP contribution in [-0.2, 0) is 47.4 Å². The van der Waals surface area contributed by atoms with Crippen LogP contribution in [0, 0.1) is 0 Å². The van der Waals surface area contributed by atoms with Crippen molar-refractivity contribution in [3.05, 3.63) is 0 Å². The van der Waals surface area contributed by atoms with Crippen molar-refractivity contribution in [1.82, 2.24) is 5.32 Å². The number of carbonyl (C=O) groups is 2. The summed E-state index contributed by atoms with van der Waals surface area (Å²) in [6, 6.07) is 0. The van der Waals surface area contributed by atoms with Gasteiger partial charge in [-0.25, -0.2) is 9.59 Å². The maximum absolute atomic E-state index is 11.5. The number of rotatable bonds is 24. The zero-order valence-corrected chi connectivity index (χ0v) is 19.0. The number of aliphatic hydroxyl groups excluding tert-OH is 1. The number of amides is 1. The van der Waals surface area contributed by atoms with Crippen molar-refractivity contribution in [2.75, 3.05) is 112 Å². The third-order valence-corrected chi connectivity index (χ3v) is 3.87. The predicted molar refractivity (Wildman–Crippen MR) is 112 cm³/mol. The maximum Gasteiger partial charge on any atom is 0.407 e. The molecule has 0 radical (unpaired) electrons. The Kier molecular flexibility index (Phi) is 19.8. The first-order chi connectivity index (χ1) is 16.2. The first-order valence-corrected chi connectivity index (χ1v) is 11.0. The van der Waals surface area contributed by atoms with Gasteiger partial charge in [-0.15, -0.1) is 0 Å². The zero-order valence-electron chi connectivity index (χ0n) is 19.0. The standard InChI is InChI=1S/C20H37NO12/c22-1-2-25-3-4-26-5-6-27-7-8-28-9-10-29-11-12-30-13-14-31-17-19(23)32-16-18-15-21-20(24)33-18/h18,22H,1-17H2,(H,21,24)/t18-/m0/s1. The van der Waals surface area contributed by atoms with Crippen molar-refractivity contribution >= 4 is 12.1 Å². The molecule has 13 nitrogen and oxygen atoms in total. The van der Waals surface area contributed by atoms with E-state index in [0.29, 0.717) is 85.8 Å². The molecule has 1 aliphatic heterocycles. The molecule has 1 saturated heterocycles. The number of hydrogen-bond donors (Lipinski definition) is 2. The lowest BCUT2D eigenvalue weighted by atomic mass is 10.4. The molecule has 0 spiro atoms. The van der Waals surface area contributed by atoms with E-state index in [2.05, 4.69) is 5.32 Å². The van der Waals surface area contributed by atoms with E-state index >= 15 is 0 Å². The molecule has 194 valence electrons. The summed E-state index contributed by atoms with van der Waals surface area (Å²) >= 11 is 0. The van der Waals surface area contributed by atoms with Crippen LogP contribution in [0.15, 0.2) is 0 Å². The van der Waals surface area contributed by atoms with Gasteiger partial charge in [-0.1, -0.05) is 0 Å². The number of alkyl carbamates (subject to hydrolysis) is 1. The van der Waals surface area contributed by atoms with Gasteiger partial charge in [-0.2, -0.15) is 0 Å². The van der Waals surface area contributed by atoms with E-state index in [1.54, 1.807) is 0 Å². The summed E-state index contributed by atoms with van der Waals surface area (Å²) in [5, 5.41) is 11.0. The first kappa shape index (κ1) is 29.5. The van der Waals surface area contributed by atoms with E-state index in [9.17, 15) is 9.59 Å². The maximum atomic E-state index is 11.5. The lowest BCUT2D eigenvalue weighted by Gasteiger charge is -2.09. The highest BCUT2D eigenvalue weighted by Crippen LogP contribution is 2.00. The van der Waals surface area contributed by atoms with Gasteiger partial charge in [0.2, 0.25) is 0 Å². The Balaban J connectivity index is 1.68. The molecule has 1 rings (SSSR count). The van der Waals surface area contributed by atoms with Crippen LogP contribution < -0.4 is 5.32 Å². The minimum Gasteiger partial charge on any atom is -0.460 e. The number of esters is 1. The van der Waals surface area contributed by atoms with Crippen LogP contribution in [-0.4, -0.2) is 136 Å². The molecule has 1 amide bonds. The Morgan fingerprint density at radius 3 is 1.58 bits per heavy atom. The Labute approximate surface area is 193 Å². The fraction of sp³-hybridized carbons (Fsp3) is 0.900. The smallest absolute Gasteiger partial charge is 0.407 e. The van der Waals surface area contributed by atoms with E-state index in [1.165, 1.54) is 0 Å². The van der Waals surface area contributed by atoms with E-state index in [4.69, 9.17) is 47.7 Å². The normalized spacial score (nSPS) is 15.4. The predicted octanol–water partition coefficient (Wildman–Crippen LogP) is -1.25. The van der Waals surface area contributed by atoms with E-state index in [1.807, 2.05) is 0 Å². The van der Waals surface area contributed by atoms with Crippen molar-refractivity contribution in [1.29, 1.82) is 0 Å². The van der Waals surface area contributed by atoms with Crippen molar-refractivity contribution in [3.63, 3.8) is 0 Å². The van der Waals surface area contributed by atoms with Crippen molar-refractivity contribution < 1.29 is 57.3 Å². The molecule has 0 bridgehead atoms. The SMILES string of the molecule is O=C(COCCOCCOCCOCCOCCOCCOCCO)OC[C@@H]1CNC(=O)O1. The Hall–Kier alpha value is -1.58. The van der Waals surface area contributed by atoms with Crippen molar-refractivity contribution in [2.24, 2.45) is 0 Å². The van der Waals surface area contributed by atoms with Crippen molar-refractivity contribution in [3.8, 4) is 0 Å². The third-order valence-electron chi connectivity index (χ3n) is 3.87. The fourth-order valence-corrected chi connectivity index (χ4v) is 2.29. The summed E-state index contributed by atoms with van der Waals surface area (Å²) in [4.78, 5) is 22.3. The number of aliphatic hydroxyl groups is 1. The van der Waals surface area contributed by atoms with Crippen LogP contribution in [0.2, 0.25) is 0 Å². The molecule has 1 atom stereocenters. The molecule has 0 aromatic rings. The summed E-state index contributed by atoms with van der Waals surface area (Å²) in [6.07, 6.45) is -0.967. The van der Waals surface area contributed by atoms with Crippen LogP contribution in [0.3, 0.4) is 0 Å². The molecular weight excluding hydrogens is 446 g/mol. The van der Waals surface area contributed by atoms with Gasteiger partial charge >= 0.3 is 12.1 Å². The molecule has 1 heterocycles. The molecule has 1 aliphatic rings. The number of carbonyl (C=O) groups excluding carboxylic acids is 2. The number of cyclic esters (lactones) is 1. The molecule has 0 aromatic heterocycles. The molecule has 1 fully saturated rings. The van der Waals surface area contributed by atoms with Gasteiger partial charge in [0.15, 0.2) is 6.10 Å².